The molecule has 0 amide bonds. The number of hydrogen-bond donors (Lipinski definition) is 2. The summed E-state index contributed by atoms with van der Waals surface area (Å²) in [5.74, 6) is -0.872. The first-order valence-corrected chi connectivity index (χ1v) is 7.70. The lowest BCUT2D eigenvalue weighted by Crippen LogP contribution is -2.56. The van der Waals surface area contributed by atoms with E-state index in [-0.39, 0.29) is 19.4 Å². The van der Waals surface area contributed by atoms with Crippen molar-refractivity contribution in [3.05, 3.63) is 29.8 Å². The van der Waals surface area contributed by atoms with Crippen molar-refractivity contribution in [2.24, 2.45) is 0 Å². The Labute approximate surface area is 141 Å². The van der Waals surface area contributed by atoms with Crippen molar-refractivity contribution in [1.82, 2.24) is 0 Å². The maximum atomic E-state index is 12.1. The first-order chi connectivity index (χ1) is 11.4. The fraction of sp³-hybridized carbons (Fsp3) is 0.588. The lowest BCUT2D eigenvalue weighted by atomic mass is 9.79. The first kappa shape index (κ1) is 18.7. The van der Waals surface area contributed by atoms with Gasteiger partial charge in [0.05, 0.1) is 18.8 Å². The summed E-state index contributed by atoms with van der Waals surface area (Å²) in [4.78, 5) is 12.1. The number of carbonyl (C=O) groups excluding carboxylic acids is 1. The summed E-state index contributed by atoms with van der Waals surface area (Å²) in [6, 6.07) is 6.44. The molecule has 1 saturated carbocycles. The molecule has 7 nitrogen and oxygen atoms in total. The van der Waals surface area contributed by atoms with Crippen LogP contribution in [0, 0.1) is 0 Å². The second-order valence-electron chi connectivity index (χ2n) is 5.95. The summed E-state index contributed by atoms with van der Waals surface area (Å²) < 4.78 is 20.8. The highest BCUT2D eigenvalue weighted by Gasteiger charge is 2.49. The van der Waals surface area contributed by atoms with Crippen molar-refractivity contribution < 1.29 is 34.0 Å². The SMILES string of the molecule is COc1ccc(C(=O)OC[C@]2(O)CCC(OC)(OC)C[C@H]2O)cc1. The van der Waals surface area contributed by atoms with E-state index in [0.29, 0.717) is 17.7 Å². The van der Waals surface area contributed by atoms with Crippen molar-refractivity contribution >= 4 is 5.97 Å². The van der Waals surface area contributed by atoms with Crippen LogP contribution in [0.1, 0.15) is 29.6 Å². The van der Waals surface area contributed by atoms with Gasteiger partial charge >= 0.3 is 5.97 Å². The van der Waals surface area contributed by atoms with Crippen molar-refractivity contribution in [3.8, 4) is 5.75 Å². The van der Waals surface area contributed by atoms with Gasteiger partial charge < -0.3 is 29.2 Å². The largest absolute Gasteiger partial charge is 0.497 e. The molecule has 1 aliphatic rings. The molecule has 0 aromatic heterocycles. The fourth-order valence-corrected chi connectivity index (χ4v) is 2.78. The second kappa shape index (κ2) is 7.48. The average Bonchev–Trinajstić information content (AvgIpc) is 2.62. The fourth-order valence-electron chi connectivity index (χ4n) is 2.78. The highest BCUT2D eigenvalue weighted by molar-refractivity contribution is 5.89. The van der Waals surface area contributed by atoms with E-state index in [0.717, 1.165) is 0 Å². The Hall–Kier alpha value is -1.67. The Kier molecular flexibility index (Phi) is 5.82. The van der Waals surface area contributed by atoms with E-state index in [4.69, 9.17) is 18.9 Å². The molecule has 1 aliphatic carbocycles. The van der Waals surface area contributed by atoms with Crippen LogP contribution in [0.2, 0.25) is 0 Å². The van der Waals surface area contributed by atoms with Gasteiger partial charge in [-0.25, -0.2) is 4.79 Å². The summed E-state index contributed by atoms with van der Waals surface area (Å²) in [5, 5.41) is 20.8. The second-order valence-corrected chi connectivity index (χ2v) is 5.95. The molecular formula is C17H24O7. The van der Waals surface area contributed by atoms with Gasteiger partial charge in [-0.15, -0.1) is 0 Å². The third kappa shape index (κ3) is 3.87. The van der Waals surface area contributed by atoms with Gasteiger partial charge in [0.1, 0.15) is 18.0 Å². The monoisotopic (exact) mass is 340 g/mol. The normalized spacial score (nSPS) is 26.0. The van der Waals surface area contributed by atoms with E-state index in [9.17, 15) is 15.0 Å². The maximum Gasteiger partial charge on any atom is 0.338 e. The number of rotatable bonds is 6. The van der Waals surface area contributed by atoms with Gasteiger partial charge in [-0.2, -0.15) is 0 Å². The molecule has 0 radical (unpaired) electrons. The van der Waals surface area contributed by atoms with E-state index in [1.165, 1.54) is 21.3 Å². The number of ether oxygens (including phenoxy) is 4. The zero-order valence-corrected chi connectivity index (χ0v) is 14.2. The smallest absolute Gasteiger partial charge is 0.338 e. The molecule has 2 N–H and O–H groups in total. The van der Waals surface area contributed by atoms with Gasteiger partial charge in [-0.05, 0) is 30.7 Å². The Morgan fingerprint density at radius 2 is 1.79 bits per heavy atom. The Bertz CT molecular complexity index is 553. The van der Waals surface area contributed by atoms with Gasteiger partial charge in [0.2, 0.25) is 0 Å². The molecule has 134 valence electrons. The third-order valence-electron chi connectivity index (χ3n) is 4.59. The molecule has 2 rings (SSSR count). The number of benzene rings is 1. The molecule has 0 aliphatic heterocycles. The van der Waals surface area contributed by atoms with E-state index in [2.05, 4.69) is 0 Å². The summed E-state index contributed by atoms with van der Waals surface area (Å²) in [5.41, 5.74) is -1.18. The number of aliphatic hydroxyl groups excluding tert-OH is 1. The lowest BCUT2D eigenvalue weighted by Gasteiger charge is -2.44. The predicted molar refractivity (Wildman–Crippen MR) is 84.8 cm³/mol. The molecule has 0 spiro atoms. The number of aliphatic hydroxyl groups is 2. The van der Waals surface area contributed by atoms with Gasteiger partial charge in [-0.3, -0.25) is 0 Å². The Morgan fingerprint density at radius 1 is 1.17 bits per heavy atom. The predicted octanol–water partition coefficient (Wildman–Crippen LogP) is 1.12. The van der Waals surface area contributed by atoms with E-state index < -0.39 is 23.5 Å². The van der Waals surface area contributed by atoms with Crippen LogP contribution in [0.15, 0.2) is 24.3 Å². The van der Waals surface area contributed by atoms with Crippen LogP contribution in [0.25, 0.3) is 0 Å². The van der Waals surface area contributed by atoms with Gasteiger partial charge in [0.15, 0.2) is 5.79 Å². The average molecular weight is 340 g/mol. The highest BCUT2D eigenvalue weighted by atomic mass is 16.7. The van der Waals surface area contributed by atoms with E-state index >= 15 is 0 Å². The molecule has 0 saturated heterocycles. The summed E-state index contributed by atoms with van der Waals surface area (Å²) in [6.07, 6.45) is -0.467. The van der Waals surface area contributed by atoms with Gasteiger partial charge in [-0.1, -0.05) is 0 Å². The van der Waals surface area contributed by atoms with Gasteiger partial charge in [0.25, 0.3) is 0 Å². The standard InChI is InChI=1S/C17H24O7/c1-21-13-6-4-12(5-7-13)15(19)24-11-16(20)8-9-17(22-2,23-3)10-14(16)18/h4-7,14,18,20H,8-11H2,1-3H3/t14-,16-/m1/s1. The number of esters is 1. The van der Waals surface area contributed by atoms with Crippen LogP contribution < -0.4 is 4.74 Å². The van der Waals surface area contributed by atoms with Crippen LogP contribution >= 0.6 is 0 Å². The zero-order chi connectivity index (χ0) is 17.8. The van der Waals surface area contributed by atoms with E-state index in [1.54, 1.807) is 24.3 Å². The summed E-state index contributed by atoms with van der Waals surface area (Å²) in [6.45, 7) is -0.303. The molecule has 0 bridgehead atoms. The number of methoxy groups -OCH3 is 3. The molecule has 1 aromatic carbocycles. The number of hydrogen-bond acceptors (Lipinski definition) is 7. The topological polar surface area (TPSA) is 94.5 Å². The lowest BCUT2D eigenvalue weighted by molar-refractivity contribution is -0.270. The van der Waals surface area contributed by atoms with Crippen molar-refractivity contribution in [1.29, 1.82) is 0 Å². The van der Waals surface area contributed by atoms with Crippen molar-refractivity contribution in [2.75, 3.05) is 27.9 Å². The van der Waals surface area contributed by atoms with Crippen LogP contribution in [-0.2, 0) is 14.2 Å². The molecule has 1 aromatic rings. The van der Waals surface area contributed by atoms with Crippen molar-refractivity contribution in [3.63, 3.8) is 0 Å². The third-order valence-corrected chi connectivity index (χ3v) is 4.59. The molecule has 0 unspecified atom stereocenters. The molecule has 24 heavy (non-hydrogen) atoms. The summed E-state index contributed by atoms with van der Waals surface area (Å²) in [7, 11) is 4.52. The molecule has 7 heteroatoms. The Morgan fingerprint density at radius 3 is 2.29 bits per heavy atom. The zero-order valence-electron chi connectivity index (χ0n) is 14.2. The molecule has 2 atom stereocenters. The maximum absolute atomic E-state index is 12.1. The summed E-state index contributed by atoms with van der Waals surface area (Å²) >= 11 is 0. The Balaban J connectivity index is 1.96. The van der Waals surface area contributed by atoms with Crippen LogP contribution in [0.5, 0.6) is 5.75 Å². The molecule has 0 heterocycles. The van der Waals surface area contributed by atoms with Gasteiger partial charge in [0, 0.05) is 27.1 Å². The van der Waals surface area contributed by atoms with Crippen LogP contribution in [-0.4, -0.2) is 61.6 Å². The quantitative estimate of drug-likeness (QED) is 0.592. The van der Waals surface area contributed by atoms with Crippen molar-refractivity contribution in [2.45, 2.75) is 36.8 Å². The minimum absolute atomic E-state index is 0.0938. The first-order valence-electron chi connectivity index (χ1n) is 7.70. The minimum atomic E-state index is -1.53. The van der Waals surface area contributed by atoms with Crippen LogP contribution in [0.4, 0.5) is 0 Å². The van der Waals surface area contributed by atoms with E-state index in [1.807, 2.05) is 0 Å². The molecule has 1 fully saturated rings. The number of carbonyl (C=O) groups is 1. The highest BCUT2D eigenvalue weighted by Crippen LogP contribution is 2.38. The molecular weight excluding hydrogens is 316 g/mol. The van der Waals surface area contributed by atoms with Crippen LogP contribution in [0.3, 0.4) is 0 Å². The minimum Gasteiger partial charge on any atom is -0.497 e.